The predicted molar refractivity (Wildman–Crippen MR) is 110 cm³/mol. The number of ether oxygens (including phenoxy) is 3. The molecule has 1 unspecified atom stereocenters. The van der Waals surface area contributed by atoms with E-state index >= 15 is 0 Å². The van der Waals surface area contributed by atoms with Crippen molar-refractivity contribution in [1.82, 2.24) is 0 Å². The van der Waals surface area contributed by atoms with Crippen LogP contribution >= 0.6 is 0 Å². The zero-order valence-corrected chi connectivity index (χ0v) is 17.9. The van der Waals surface area contributed by atoms with E-state index in [4.69, 9.17) is 23.7 Å². The summed E-state index contributed by atoms with van der Waals surface area (Å²) in [5.41, 5.74) is -2.43. The zero-order chi connectivity index (χ0) is 25.2. The van der Waals surface area contributed by atoms with E-state index in [0.717, 1.165) is 19.1 Å². The molecule has 1 fully saturated rings. The van der Waals surface area contributed by atoms with Gasteiger partial charge >= 0.3 is 17.6 Å². The number of esters is 1. The fourth-order valence-corrected chi connectivity index (χ4v) is 3.38. The van der Waals surface area contributed by atoms with Crippen LogP contribution in [0.2, 0.25) is 0 Å². The maximum absolute atomic E-state index is 12.0. The summed E-state index contributed by atoms with van der Waals surface area (Å²) in [5, 5.41) is 59.8. The number of hydrogen-bond donors (Lipinski definition) is 6. The predicted octanol–water partition coefficient (Wildman–Crippen LogP) is -1.16. The van der Waals surface area contributed by atoms with Gasteiger partial charge in [0.1, 0.15) is 36.6 Å². The van der Waals surface area contributed by atoms with Crippen molar-refractivity contribution in [3.63, 3.8) is 0 Å². The number of aliphatic hydroxyl groups excluding tert-OH is 3. The number of hydrogen-bond acceptors (Lipinski definition) is 12. The van der Waals surface area contributed by atoms with E-state index in [1.54, 1.807) is 0 Å². The quantitative estimate of drug-likeness (QED) is 0.193. The van der Waals surface area contributed by atoms with Gasteiger partial charge in [0.25, 0.3) is 0 Å². The molecule has 1 aromatic heterocycles. The number of phenols is 1. The molecule has 6 atom stereocenters. The van der Waals surface area contributed by atoms with Crippen molar-refractivity contribution < 1.29 is 58.9 Å². The van der Waals surface area contributed by atoms with Gasteiger partial charge in [-0.15, -0.1) is 0 Å². The molecule has 1 saturated heterocycles. The molecule has 0 amide bonds. The Labute approximate surface area is 191 Å². The molecule has 13 nitrogen and oxygen atoms in total. The molecule has 0 aliphatic carbocycles. The summed E-state index contributed by atoms with van der Waals surface area (Å²) in [5.74, 6) is -2.98. The highest BCUT2D eigenvalue weighted by atomic mass is 16.7. The number of rotatable bonds is 8. The molecule has 34 heavy (non-hydrogen) atoms. The van der Waals surface area contributed by atoms with Crippen LogP contribution in [0, 0.1) is 0 Å². The molecule has 2 aromatic rings. The zero-order valence-electron chi connectivity index (χ0n) is 17.9. The number of aliphatic carboxylic acids is 1. The van der Waals surface area contributed by atoms with Crippen LogP contribution in [0.1, 0.15) is 19.8 Å². The molecule has 0 saturated carbocycles. The average Bonchev–Trinajstić information content (AvgIpc) is 2.72. The van der Waals surface area contributed by atoms with Crippen LogP contribution < -0.4 is 10.4 Å². The Morgan fingerprint density at radius 1 is 1.09 bits per heavy atom. The van der Waals surface area contributed by atoms with Gasteiger partial charge in [0.05, 0.1) is 18.4 Å². The summed E-state index contributed by atoms with van der Waals surface area (Å²) in [6.07, 6.45) is -9.59. The third kappa shape index (κ3) is 6.01. The van der Waals surface area contributed by atoms with Crippen molar-refractivity contribution in [2.75, 3.05) is 6.61 Å². The molecule has 6 N–H and O–H groups in total. The Bertz CT molecular complexity index is 1110. The first kappa shape index (κ1) is 25.4. The summed E-state index contributed by atoms with van der Waals surface area (Å²) < 4.78 is 20.7. The molecule has 3 rings (SSSR count). The third-order valence-electron chi connectivity index (χ3n) is 5.08. The summed E-state index contributed by atoms with van der Waals surface area (Å²) in [4.78, 5) is 34.0. The number of carbonyl (C=O) groups is 2. The Morgan fingerprint density at radius 3 is 2.47 bits per heavy atom. The molecule has 1 aliphatic rings. The highest BCUT2D eigenvalue weighted by Crippen LogP contribution is 2.34. The van der Waals surface area contributed by atoms with Gasteiger partial charge < -0.3 is 49.3 Å². The SMILES string of the molecule is CC(O)(CC(=O)O)CC(=O)OC[C@H]1O[C@@H](Oc2cc3ccc(=O)oc3cc2O)[C@H](O)[C@@H](O)[C@@H]1O. The Kier molecular flexibility index (Phi) is 7.43. The van der Waals surface area contributed by atoms with Crippen LogP contribution in [0.4, 0.5) is 0 Å². The van der Waals surface area contributed by atoms with Gasteiger partial charge in [-0.3, -0.25) is 9.59 Å². The number of fused-ring (bicyclic) bond motifs is 1. The second-order valence-electron chi connectivity index (χ2n) is 8.17. The number of aliphatic hydroxyl groups is 4. The van der Waals surface area contributed by atoms with Crippen LogP contribution in [0.25, 0.3) is 11.0 Å². The number of carboxylic acids is 1. The van der Waals surface area contributed by atoms with Crippen LogP contribution in [-0.4, -0.2) is 85.5 Å². The fourth-order valence-electron chi connectivity index (χ4n) is 3.38. The van der Waals surface area contributed by atoms with Crippen LogP contribution in [0.5, 0.6) is 11.5 Å². The second kappa shape index (κ2) is 9.95. The first-order valence-electron chi connectivity index (χ1n) is 10.1. The number of aromatic hydroxyl groups is 1. The Morgan fingerprint density at radius 2 is 1.79 bits per heavy atom. The molecular formula is C21H24O13. The van der Waals surface area contributed by atoms with Gasteiger partial charge in [0.2, 0.25) is 6.29 Å². The summed E-state index contributed by atoms with van der Waals surface area (Å²) in [6, 6.07) is 4.95. The average molecular weight is 484 g/mol. The maximum atomic E-state index is 12.0. The molecule has 186 valence electrons. The first-order valence-corrected chi connectivity index (χ1v) is 10.1. The Hall–Kier alpha value is -3.23. The molecule has 0 bridgehead atoms. The van der Waals surface area contributed by atoms with Gasteiger partial charge in [-0.2, -0.15) is 0 Å². The van der Waals surface area contributed by atoms with Crippen molar-refractivity contribution in [2.45, 2.75) is 56.1 Å². The first-order chi connectivity index (χ1) is 15.9. The number of carboxylic acid groups (broad SMARTS) is 1. The molecule has 0 spiro atoms. The van der Waals surface area contributed by atoms with Gasteiger partial charge in [0, 0.05) is 17.5 Å². The van der Waals surface area contributed by atoms with Gasteiger partial charge in [-0.1, -0.05) is 0 Å². The van der Waals surface area contributed by atoms with Crippen molar-refractivity contribution in [3.05, 3.63) is 34.7 Å². The number of phenolic OH excluding ortho intramolecular Hbond substituents is 1. The number of benzene rings is 1. The van der Waals surface area contributed by atoms with Gasteiger partial charge in [-0.05, 0) is 19.1 Å². The summed E-state index contributed by atoms with van der Waals surface area (Å²) >= 11 is 0. The maximum Gasteiger partial charge on any atom is 0.336 e. The van der Waals surface area contributed by atoms with Gasteiger partial charge in [0.15, 0.2) is 11.5 Å². The van der Waals surface area contributed by atoms with E-state index in [9.17, 15) is 39.9 Å². The molecule has 1 aromatic carbocycles. The molecule has 13 heteroatoms. The summed E-state index contributed by atoms with van der Waals surface area (Å²) in [6.45, 7) is 0.515. The Balaban J connectivity index is 1.69. The summed E-state index contributed by atoms with van der Waals surface area (Å²) in [7, 11) is 0. The molecule has 1 aliphatic heterocycles. The van der Waals surface area contributed by atoms with E-state index in [1.807, 2.05) is 0 Å². The topological polar surface area (TPSA) is 213 Å². The van der Waals surface area contributed by atoms with Crippen molar-refractivity contribution in [2.24, 2.45) is 0 Å². The third-order valence-corrected chi connectivity index (χ3v) is 5.08. The fraction of sp³-hybridized carbons (Fsp3) is 0.476. The molecule has 2 heterocycles. The minimum atomic E-state index is -1.87. The lowest BCUT2D eigenvalue weighted by molar-refractivity contribution is -0.278. The lowest BCUT2D eigenvalue weighted by atomic mass is 9.98. The van der Waals surface area contributed by atoms with E-state index in [0.29, 0.717) is 5.39 Å². The van der Waals surface area contributed by atoms with E-state index in [-0.39, 0.29) is 11.3 Å². The highest BCUT2D eigenvalue weighted by Gasteiger charge is 2.46. The monoisotopic (exact) mass is 484 g/mol. The van der Waals surface area contributed by atoms with Crippen LogP contribution in [-0.2, 0) is 19.1 Å². The second-order valence-corrected chi connectivity index (χ2v) is 8.17. The lowest BCUT2D eigenvalue weighted by Gasteiger charge is -2.40. The van der Waals surface area contributed by atoms with Gasteiger partial charge in [-0.25, -0.2) is 4.79 Å². The smallest absolute Gasteiger partial charge is 0.336 e. The van der Waals surface area contributed by atoms with Crippen LogP contribution in [0.15, 0.2) is 33.5 Å². The number of carbonyl (C=O) groups excluding carboxylic acids is 1. The van der Waals surface area contributed by atoms with Crippen molar-refractivity contribution in [1.29, 1.82) is 0 Å². The van der Waals surface area contributed by atoms with Crippen molar-refractivity contribution in [3.8, 4) is 11.5 Å². The minimum Gasteiger partial charge on any atom is -0.504 e. The standard InChI is InChI=1S/C21H24O13/c1-21(30,6-14(23)24)7-16(26)31-8-13-17(27)18(28)19(29)20(34-13)33-12-4-9-2-3-15(25)32-11(9)5-10(12)22/h2-5,13,17-20,22,27-30H,6-8H2,1H3,(H,23,24)/t13-,17-,18+,19-,20-,21?/m1/s1. The lowest BCUT2D eigenvalue weighted by Crippen LogP contribution is -2.60. The molecule has 0 radical (unpaired) electrons. The molecular weight excluding hydrogens is 460 g/mol. The van der Waals surface area contributed by atoms with Crippen LogP contribution in [0.3, 0.4) is 0 Å². The highest BCUT2D eigenvalue weighted by molar-refractivity contribution is 5.80. The van der Waals surface area contributed by atoms with E-state index in [1.165, 1.54) is 12.1 Å². The van der Waals surface area contributed by atoms with E-state index < -0.39 is 79.1 Å². The normalized spacial score (nSPS) is 26.6. The largest absolute Gasteiger partial charge is 0.504 e. The minimum absolute atomic E-state index is 0.0708. The van der Waals surface area contributed by atoms with E-state index in [2.05, 4.69) is 0 Å². The van der Waals surface area contributed by atoms with Crippen molar-refractivity contribution >= 4 is 22.9 Å².